The molecule has 0 unspecified atom stereocenters. The van der Waals surface area contributed by atoms with E-state index in [1.54, 1.807) is 0 Å². The second-order valence-corrected chi connectivity index (χ2v) is 11.1. The first-order valence-electron chi connectivity index (χ1n) is 15.1. The van der Waals surface area contributed by atoms with E-state index in [4.69, 9.17) is 28.8 Å². The number of aromatic nitrogens is 4. The zero-order valence-electron chi connectivity index (χ0n) is 24.5. The van der Waals surface area contributed by atoms with Crippen LogP contribution in [-0.2, 0) is 0 Å². The summed E-state index contributed by atoms with van der Waals surface area (Å²) >= 11 is 0. The molecule has 0 N–H and O–H groups in total. The van der Waals surface area contributed by atoms with Gasteiger partial charge in [0.2, 0.25) is 5.89 Å². The zero-order chi connectivity index (χ0) is 30.5. The van der Waals surface area contributed by atoms with Crippen molar-refractivity contribution in [2.75, 3.05) is 0 Å². The Hall–Kier alpha value is -6.40. The highest BCUT2D eigenvalue weighted by atomic mass is 16.4. The zero-order valence-corrected chi connectivity index (χ0v) is 24.5. The van der Waals surface area contributed by atoms with Crippen molar-refractivity contribution in [2.24, 2.45) is 0 Å². The van der Waals surface area contributed by atoms with Crippen molar-refractivity contribution in [3.8, 4) is 56.7 Å². The van der Waals surface area contributed by atoms with Gasteiger partial charge in [-0.15, -0.1) is 0 Å². The molecule has 9 aromatic rings. The van der Waals surface area contributed by atoms with Gasteiger partial charge in [-0.1, -0.05) is 115 Å². The summed E-state index contributed by atoms with van der Waals surface area (Å²) in [4.78, 5) is 19.9. The Morgan fingerprint density at radius 1 is 0.370 bits per heavy atom. The minimum atomic E-state index is 0.558. The SMILES string of the molecule is c1ccc(-c2nc(-c3ccccc3)nc(-c3cccc(-c4c5nc(-c6ccccc6)oc5cc5oc6ccccc6c45)c3)n2)cc1. The number of fused-ring (bicyclic) bond motifs is 4. The molecule has 0 amide bonds. The van der Waals surface area contributed by atoms with Gasteiger partial charge in [-0.2, -0.15) is 0 Å². The Morgan fingerprint density at radius 2 is 0.913 bits per heavy atom. The third-order valence-electron chi connectivity index (χ3n) is 8.15. The predicted molar refractivity (Wildman–Crippen MR) is 182 cm³/mol. The lowest BCUT2D eigenvalue weighted by Gasteiger charge is -2.10. The molecular formula is C40H24N4O2. The van der Waals surface area contributed by atoms with Crippen LogP contribution in [0, 0.1) is 0 Å². The third kappa shape index (κ3) is 4.43. The van der Waals surface area contributed by atoms with Gasteiger partial charge in [-0.05, 0) is 29.8 Å². The summed E-state index contributed by atoms with van der Waals surface area (Å²) in [5.41, 5.74) is 8.47. The number of hydrogen-bond donors (Lipinski definition) is 0. The van der Waals surface area contributed by atoms with Gasteiger partial charge in [0.15, 0.2) is 23.1 Å². The van der Waals surface area contributed by atoms with Gasteiger partial charge in [-0.25, -0.2) is 19.9 Å². The average Bonchev–Trinajstić information content (AvgIpc) is 3.73. The molecule has 0 spiro atoms. The Labute approximate surface area is 263 Å². The maximum atomic E-state index is 6.36. The quantitative estimate of drug-likeness (QED) is 0.198. The van der Waals surface area contributed by atoms with Crippen LogP contribution in [0.25, 0.3) is 89.8 Å². The third-order valence-corrected chi connectivity index (χ3v) is 8.15. The summed E-state index contributed by atoms with van der Waals surface area (Å²) in [6.45, 7) is 0. The highest BCUT2D eigenvalue weighted by Crippen LogP contribution is 2.43. The van der Waals surface area contributed by atoms with Crippen molar-refractivity contribution in [1.82, 2.24) is 19.9 Å². The van der Waals surface area contributed by atoms with Crippen molar-refractivity contribution in [3.05, 3.63) is 146 Å². The van der Waals surface area contributed by atoms with E-state index < -0.39 is 0 Å². The molecule has 9 rings (SSSR count). The van der Waals surface area contributed by atoms with Gasteiger partial charge in [0.1, 0.15) is 16.7 Å². The lowest BCUT2D eigenvalue weighted by molar-refractivity contribution is 0.617. The molecule has 0 fully saturated rings. The standard InChI is InChI=1S/C40H24N4O2/c1-4-13-25(14-5-1)37-42-38(26-15-6-2-7-16-26)44-39(43-37)29-20-12-19-28(23-29)34-35-30-21-10-11-22-31(30)45-32(35)24-33-36(34)41-40(46-33)27-17-8-3-9-18-27/h1-24H. The van der Waals surface area contributed by atoms with Gasteiger partial charge in [0, 0.05) is 44.7 Å². The lowest BCUT2D eigenvalue weighted by atomic mass is 9.96. The Balaban J connectivity index is 1.29. The molecule has 216 valence electrons. The molecule has 0 aliphatic carbocycles. The molecule has 0 radical (unpaired) electrons. The highest BCUT2D eigenvalue weighted by molar-refractivity contribution is 6.19. The highest BCUT2D eigenvalue weighted by Gasteiger charge is 2.22. The van der Waals surface area contributed by atoms with Crippen molar-refractivity contribution < 1.29 is 8.83 Å². The molecule has 46 heavy (non-hydrogen) atoms. The van der Waals surface area contributed by atoms with Crippen molar-refractivity contribution in [2.45, 2.75) is 0 Å². The Bertz CT molecular complexity index is 2460. The van der Waals surface area contributed by atoms with Crippen molar-refractivity contribution in [3.63, 3.8) is 0 Å². The number of furan rings is 1. The van der Waals surface area contributed by atoms with E-state index in [9.17, 15) is 0 Å². The van der Waals surface area contributed by atoms with Gasteiger partial charge < -0.3 is 8.83 Å². The van der Waals surface area contributed by atoms with Crippen LogP contribution in [0.5, 0.6) is 0 Å². The second kappa shape index (κ2) is 10.6. The number of nitrogens with zero attached hydrogens (tertiary/aromatic N) is 4. The fourth-order valence-electron chi connectivity index (χ4n) is 6.01. The Kier molecular flexibility index (Phi) is 6.03. The van der Waals surface area contributed by atoms with Gasteiger partial charge in [-0.3, -0.25) is 0 Å². The molecule has 3 heterocycles. The molecule has 3 aromatic heterocycles. The van der Waals surface area contributed by atoms with E-state index in [-0.39, 0.29) is 0 Å². The van der Waals surface area contributed by atoms with E-state index in [2.05, 4.69) is 18.2 Å². The van der Waals surface area contributed by atoms with Crippen LogP contribution in [0.4, 0.5) is 0 Å². The van der Waals surface area contributed by atoms with Crippen molar-refractivity contribution >= 4 is 33.0 Å². The molecule has 0 bridgehead atoms. The molecule has 0 saturated heterocycles. The number of benzene rings is 6. The second-order valence-electron chi connectivity index (χ2n) is 11.1. The van der Waals surface area contributed by atoms with Crippen LogP contribution in [0.15, 0.2) is 154 Å². The smallest absolute Gasteiger partial charge is 0.227 e. The molecular weight excluding hydrogens is 568 g/mol. The van der Waals surface area contributed by atoms with Crippen LogP contribution in [-0.4, -0.2) is 19.9 Å². The molecule has 0 aliphatic heterocycles. The van der Waals surface area contributed by atoms with Gasteiger partial charge >= 0.3 is 0 Å². The largest absolute Gasteiger partial charge is 0.456 e. The molecule has 0 saturated carbocycles. The predicted octanol–water partition coefficient (Wildman–Crippen LogP) is 10.2. The maximum Gasteiger partial charge on any atom is 0.227 e. The van der Waals surface area contributed by atoms with Crippen LogP contribution < -0.4 is 0 Å². The summed E-state index contributed by atoms with van der Waals surface area (Å²) in [6.07, 6.45) is 0. The summed E-state index contributed by atoms with van der Waals surface area (Å²) in [6, 6.07) is 48.2. The van der Waals surface area contributed by atoms with E-state index in [1.807, 2.05) is 127 Å². The maximum absolute atomic E-state index is 6.36. The van der Waals surface area contributed by atoms with Crippen LogP contribution in [0.1, 0.15) is 0 Å². The monoisotopic (exact) mass is 592 g/mol. The fourth-order valence-corrected chi connectivity index (χ4v) is 6.01. The number of rotatable bonds is 5. The minimum Gasteiger partial charge on any atom is -0.456 e. The number of hydrogen-bond acceptors (Lipinski definition) is 6. The van der Waals surface area contributed by atoms with E-state index in [1.165, 1.54) is 0 Å². The van der Waals surface area contributed by atoms with Gasteiger partial charge in [0.25, 0.3) is 0 Å². The van der Waals surface area contributed by atoms with Crippen LogP contribution in [0.2, 0.25) is 0 Å². The first kappa shape index (κ1) is 26.0. The summed E-state index contributed by atoms with van der Waals surface area (Å²) in [5, 5.41) is 2.00. The van der Waals surface area contributed by atoms with E-state index in [0.717, 1.165) is 60.8 Å². The summed E-state index contributed by atoms with van der Waals surface area (Å²) < 4.78 is 12.7. The average molecular weight is 593 g/mol. The topological polar surface area (TPSA) is 77.8 Å². The fraction of sp³-hybridized carbons (Fsp3) is 0. The minimum absolute atomic E-state index is 0.558. The lowest BCUT2D eigenvalue weighted by Crippen LogP contribution is -2.00. The molecule has 6 aromatic carbocycles. The van der Waals surface area contributed by atoms with Gasteiger partial charge in [0.05, 0.1) is 0 Å². The van der Waals surface area contributed by atoms with E-state index in [0.29, 0.717) is 28.9 Å². The molecule has 6 nitrogen and oxygen atoms in total. The molecule has 0 aliphatic rings. The number of oxazole rings is 1. The van der Waals surface area contributed by atoms with Crippen molar-refractivity contribution in [1.29, 1.82) is 0 Å². The van der Waals surface area contributed by atoms with Crippen LogP contribution >= 0.6 is 0 Å². The molecule has 0 atom stereocenters. The molecule has 6 heteroatoms. The first-order valence-corrected chi connectivity index (χ1v) is 15.1. The number of para-hydroxylation sites is 1. The summed E-state index contributed by atoms with van der Waals surface area (Å²) in [5.74, 6) is 2.37. The summed E-state index contributed by atoms with van der Waals surface area (Å²) in [7, 11) is 0. The normalized spacial score (nSPS) is 11.5. The first-order chi connectivity index (χ1) is 22.8. The van der Waals surface area contributed by atoms with E-state index >= 15 is 0 Å². The Morgan fingerprint density at radius 3 is 1.59 bits per heavy atom. The van der Waals surface area contributed by atoms with Crippen LogP contribution in [0.3, 0.4) is 0 Å².